The second-order valence-corrected chi connectivity index (χ2v) is 3.47. The van der Waals surface area contributed by atoms with Gasteiger partial charge in [0.25, 0.3) is 0 Å². The largest absolute Gasteiger partial charge is 0.394 e. The Balaban J connectivity index is 0. The summed E-state index contributed by atoms with van der Waals surface area (Å²) in [6.45, 7) is 6.11. The molecule has 3 heteroatoms. The van der Waals surface area contributed by atoms with Gasteiger partial charge < -0.3 is 14.9 Å². The molecule has 0 aromatic heterocycles. The Bertz CT molecular complexity index is 76.9. The lowest BCUT2D eigenvalue weighted by Gasteiger charge is -2.01. The molecule has 0 aliphatic heterocycles. The lowest BCUT2D eigenvalue weighted by atomic mass is 10.2. The number of aliphatic hydroxyl groups is 2. The minimum absolute atomic E-state index is 0.125. The summed E-state index contributed by atoms with van der Waals surface area (Å²) in [6, 6.07) is 0. The first-order valence-corrected chi connectivity index (χ1v) is 6.12. The van der Waals surface area contributed by atoms with Crippen LogP contribution in [0.25, 0.3) is 0 Å². The number of ether oxygens (including phenoxy) is 1. The van der Waals surface area contributed by atoms with E-state index in [1.165, 1.54) is 38.5 Å². The number of hydrogen-bond acceptors (Lipinski definition) is 3. The molecule has 0 rings (SSSR count). The fraction of sp³-hybridized carbons (Fsp3) is 1.00. The highest BCUT2D eigenvalue weighted by Crippen LogP contribution is 1.99. The molecule has 0 bridgehead atoms. The van der Waals surface area contributed by atoms with Gasteiger partial charge in [0, 0.05) is 13.2 Å². The van der Waals surface area contributed by atoms with Gasteiger partial charge >= 0.3 is 0 Å². The number of rotatable bonds is 9. The molecule has 0 aromatic carbocycles. The lowest BCUT2D eigenvalue weighted by Crippen LogP contribution is -1.96. The quantitative estimate of drug-likeness (QED) is 0.586. The van der Waals surface area contributed by atoms with Crippen molar-refractivity contribution in [1.82, 2.24) is 0 Å². The first-order chi connectivity index (χ1) is 7.33. The Kier molecular flexibility index (Phi) is 22.4. The first-order valence-electron chi connectivity index (χ1n) is 6.12. The van der Waals surface area contributed by atoms with Gasteiger partial charge in [-0.3, -0.25) is 0 Å². The Hall–Kier alpha value is -0.120. The predicted octanol–water partition coefficient (Wildman–Crippen LogP) is 2.35. The normalized spacial score (nSPS) is 9.60. The van der Waals surface area contributed by atoms with Gasteiger partial charge in [0.1, 0.15) is 0 Å². The van der Waals surface area contributed by atoms with Crippen LogP contribution < -0.4 is 0 Å². The van der Waals surface area contributed by atoms with Crippen molar-refractivity contribution in [3.05, 3.63) is 0 Å². The third kappa shape index (κ3) is 24.8. The molecule has 0 saturated carbocycles. The predicted molar refractivity (Wildman–Crippen MR) is 64.0 cm³/mol. The minimum Gasteiger partial charge on any atom is -0.394 e. The van der Waals surface area contributed by atoms with Crippen LogP contribution in [0.2, 0.25) is 0 Å². The number of hydrogen-bond donors (Lipinski definition) is 2. The molecular weight excluding hydrogens is 192 g/mol. The van der Waals surface area contributed by atoms with Crippen molar-refractivity contribution < 1.29 is 14.9 Å². The summed E-state index contributed by atoms with van der Waals surface area (Å²) in [5.74, 6) is 0. The third-order valence-electron chi connectivity index (χ3n) is 1.88. The minimum atomic E-state index is -0.125. The van der Waals surface area contributed by atoms with Crippen molar-refractivity contribution in [3.8, 4) is 0 Å². The molecule has 0 aromatic rings. The Labute approximate surface area is 94.5 Å². The van der Waals surface area contributed by atoms with Crippen molar-refractivity contribution in [3.63, 3.8) is 0 Å². The van der Waals surface area contributed by atoms with Crippen LogP contribution in [-0.4, -0.2) is 36.6 Å². The van der Waals surface area contributed by atoms with Gasteiger partial charge in [-0.15, -0.1) is 0 Å². The van der Waals surface area contributed by atoms with Crippen LogP contribution in [0, 0.1) is 0 Å². The van der Waals surface area contributed by atoms with E-state index in [1.54, 1.807) is 0 Å². The van der Waals surface area contributed by atoms with Crippen molar-refractivity contribution >= 4 is 0 Å². The SMILES string of the molecule is CCCCCCOCCCC.OCCO. The van der Waals surface area contributed by atoms with E-state index >= 15 is 0 Å². The van der Waals surface area contributed by atoms with Gasteiger partial charge in [-0.05, 0) is 12.8 Å². The van der Waals surface area contributed by atoms with Crippen LogP contribution in [0.4, 0.5) is 0 Å². The molecule has 0 heterocycles. The van der Waals surface area contributed by atoms with Crippen molar-refractivity contribution in [2.75, 3.05) is 26.4 Å². The standard InChI is InChI=1S/C10H22O.C2H6O2/c1-3-5-7-8-10-11-9-6-4-2;3-1-2-4/h3-10H2,1-2H3;3-4H,1-2H2. The highest BCUT2D eigenvalue weighted by Gasteiger charge is 1.88. The first kappa shape index (κ1) is 17.3. The highest BCUT2D eigenvalue weighted by molar-refractivity contribution is 4.39. The van der Waals surface area contributed by atoms with E-state index in [0.29, 0.717) is 0 Å². The van der Waals surface area contributed by atoms with Crippen molar-refractivity contribution in [2.45, 2.75) is 52.4 Å². The molecule has 0 aliphatic carbocycles. The summed E-state index contributed by atoms with van der Waals surface area (Å²) >= 11 is 0. The molecule has 0 unspecified atom stereocenters. The van der Waals surface area contributed by atoms with Gasteiger partial charge in [0.15, 0.2) is 0 Å². The van der Waals surface area contributed by atoms with Crippen LogP contribution in [-0.2, 0) is 4.74 Å². The summed E-state index contributed by atoms with van der Waals surface area (Å²) in [5.41, 5.74) is 0. The zero-order valence-corrected chi connectivity index (χ0v) is 10.4. The van der Waals surface area contributed by atoms with Crippen LogP contribution in [0.5, 0.6) is 0 Å². The zero-order valence-electron chi connectivity index (χ0n) is 10.4. The highest BCUT2D eigenvalue weighted by atomic mass is 16.5. The maximum atomic E-state index is 7.62. The molecule has 0 amide bonds. The maximum Gasteiger partial charge on any atom is 0.0662 e. The monoisotopic (exact) mass is 220 g/mol. The smallest absolute Gasteiger partial charge is 0.0662 e. The molecular formula is C12H28O3. The van der Waals surface area contributed by atoms with Crippen molar-refractivity contribution in [1.29, 1.82) is 0 Å². The summed E-state index contributed by atoms with van der Waals surface area (Å²) in [4.78, 5) is 0. The fourth-order valence-corrected chi connectivity index (χ4v) is 0.979. The molecule has 15 heavy (non-hydrogen) atoms. The maximum absolute atomic E-state index is 7.62. The summed E-state index contributed by atoms with van der Waals surface area (Å²) < 4.78 is 5.42. The van der Waals surface area contributed by atoms with Gasteiger partial charge in [-0.1, -0.05) is 39.5 Å². The van der Waals surface area contributed by atoms with Crippen LogP contribution in [0.1, 0.15) is 52.4 Å². The second kappa shape index (κ2) is 19.5. The summed E-state index contributed by atoms with van der Waals surface area (Å²) in [6.07, 6.45) is 7.72. The molecule has 3 nitrogen and oxygen atoms in total. The van der Waals surface area contributed by atoms with Crippen LogP contribution in [0.15, 0.2) is 0 Å². The third-order valence-corrected chi connectivity index (χ3v) is 1.88. The Morgan fingerprint density at radius 2 is 1.27 bits per heavy atom. The molecule has 2 N–H and O–H groups in total. The Morgan fingerprint density at radius 3 is 1.73 bits per heavy atom. The van der Waals surface area contributed by atoms with Gasteiger partial charge in [0.2, 0.25) is 0 Å². The Morgan fingerprint density at radius 1 is 0.733 bits per heavy atom. The molecule has 0 fully saturated rings. The van der Waals surface area contributed by atoms with E-state index in [2.05, 4.69) is 13.8 Å². The number of aliphatic hydroxyl groups excluding tert-OH is 2. The summed E-state index contributed by atoms with van der Waals surface area (Å²) in [5, 5.41) is 15.2. The second-order valence-electron chi connectivity index (χ2n) is 3.47. The molecule has 0 radical (unpaired) electrons. The van der Waals surface area contributed by atoms with Crippen LogP contribution >= 0.6 is 0 Å². The molecule has 0 aliphatic rings. The molecule has 0 atom stereocenters. The van der Waals surface area contributed by atoms with Gasteiger partial charge in [-0.2, -0.15) is 0 Å². The van der Waals surface area contributed by atoms with E-state index in [1.807, 2.05) is 0 Å². The fourth-order valence-electron chi connectivity index (χ4n) is 0.979. The van der Waals surface area contributed by atoms with Crippen molar-refractivity contribution in [2.24, 2.45) is 0 Å². The zero-order chi connectivity index (χ0) is 11.8. The van der Waals surface area contributed by atoms with E-state index in [9.17, 15) is 0 Å². The lowest BCUT2D eigenvalue weighted by molar-refractivity contribution is 0.127. The van der Waals surface area contributed by atoms with E-state index in [4.69, 9.17) is 14.9 Å². The molecule has 0 saturated heterocycles. The topological polar surface area (TPSA) is 49.7 Å². The van der Waals surface area contributed by atoms with E-state index in [0.717, 1.165) is 13.2 Å². The van der Waals surface area contributed by atoms with Gasteiger partial charge in [0.05, 0.1) is 13.2 Å². The van der Waals surface area contributed by atoms with E-state index < -0.39 is 0 Å². The molecule has 0 spiro atoms. The van der Waals surface area contributed by atoms with Gasteiger partial charge in [-0.25, -0.2) is 0 Å². The van der Waals surface area contributed by atoms with Crippen LogP contribution in [0.3, 0.4) is 0 Å². The average molecular weight is 220 g/mol. The molecule has 94 valence electrons. The van der Waals surface area contributed by atoms with E-state index in [-0.39, 0.29) is 13.2 Å². The summed E-state index contributed by atoms with van der Waals surface area (Å²) in [7, 11) is 0. The average Bonchev–Trinajstić information content (AvgIpc) is 2.28. The number of unbranched alkanes of at least 4 members (excludes halogenated alkanes) is 4.